The molecule has 1 heterocycles. The molecule has 1 saturated heterocycles. The number of anilines is 1. The molecule has 0 aliphatic carbocycles. The summed E-state index contributed by atoms with van der Waals surface area (Å²) in [6.07, 6.45) is 2.64. The number of nitrogens with zero attached hydrogens (tertiary/aromatic N) is 1. The van der Waals surface area contributed by atoms with E-state index >= 15 is 0 Å². The summed E-state index contributed by atoms with van der Waals surface area (Å²) in [6, 6.07) is 7.09. The molecule has 1 aliphatic heterocycles. The average Bonchev–Trinajstić information content (AvgIpc) is 2.47. The second-order valence-electron chi connectivity index (χ2n) is 4.91. The summed E-state index contributed by atoms with van der Waals surface area (Å²) in [6.45, 7) is 0.651. The van der Waals surface area contributed by atoms with Crippen molar-refractivity contribution in [3.63, 3.8) is 0 Å². The fourth-order valence-electron chi connectivity index (χ4n) is 2.33. The molecular formula is C14H21NO4S. The summed E-state index contributed by atoms with van der Waals surface area (Å²) in [7, 11) is -0.334. The van der Waals surface area contributed by atoms with Gasteiger partial charge in [-0.05, 0) is 31.4 Å². The van der Waals surface area contributed by atoms with E-state index in [9.17, 15) is 8.42 Å². The van der Waals surface area contributed by atoms with E-state index in [1.54, 1.807) is 25.2 Å². The smallest absolute Gasteiger partial charge is 0.237 e. The molecule has 1 aromatic rings. The molecule has 1 aliphatic rings. The maximum Gasteiger partial charge on any atom is 0.237 e. The van der Waals surface area contributed by atoms with Crippen LogP contribution in [-0.2, 0) is 14.8 Å². The Hall–Kier alpha value is -1.27. The minimum atomic E-state index is -3.42. The van der Waals surface area contributed by atoms with Crippen molar-refractivity contribution in [2.24, 2.45) is 0 Å². The fourth-order valence-corrected chi connectivity index (χ4v) is 3.73. The summed E-state index contributed by atoms with van der Waals surface area (Å²) in [5.74, 6) is 0.560. The van der Waals surface area contributed by atoms with E-state index in [4.69, 9.17) is 9.47 Å². The Kier molecular flexibility index (Phi) is 4.88. The van der Waals surface area contributed by atoms with E-state index in [1.165, 1.54) is 11.4 Å². The second-order valence-corrected chi connectivity index (χ2v) is 6.95. The maximum atomic E-state index is 12.5. The molecule has 0 saturated carbocycles. The number of ether oxygens (including phenoxy) is 2. The van der Waals surface area contributed by atoms with Crippen LogP contribution in [0, 0.1) is 0 Å². The molecule has 1 aromatic carbocycles. The van der Waals surface area contributed by atoms with Crippen LogP contribution in [0.3, 0.4) is 0 Å². The van der Waals surface area contributed by atoms with Gasteiger partial charge in [-0.2, -0.15) is 0 Å². The van der Waals surface area contributed by atoms with Crippen molar-refractivity contribution in [2.45, 2.75) is 25.4 Å². The van der Waals surface area contributed by atoms with Gasteiger partial charge < -0.3 is 9.47 Å². The van der Waals surface area contributed by atoms with Crippen molar-refractivity contribution < 1.29 is 17.9 Å². The Bertz CT molecular complexity index is 538. The van der Waals surface area contributed by atoms with Crippen LogP contribution >= 0.6 is 0 Å². The van der Waals surface area contributed by atoms with Gasteiger partial charge in [-0.25, -0.2) is 8.42 Å². The van der Waals surface area contributed by atoms with Gasteiger partial charge in [-0.15, -0.1) is 0 Å². The Morgan fingerprint density at radius 2 is 2.10 bits per heavy atom. The van der Waals surface area contributed by atoms with Gasteiger partial charge in [0.25, 0.3) is 0 Å². The molecule has 0 N–H and O–H groups in total. The molecule has 0 radical (unpaired) electrons. The summed E-state index contributed by atoms with van der Waals surface area (Å²) >= 11 is 0. The molecule has 0 unspecified atom stereocenters. The number of benzene rings is 1. The molecule has 0 spiro atoms. The van der Waals surface area contributed by atoms with Gasteiger partial charge in [0.05, 0.1) is 24.7 Å². The van der Waals surface area contributed by atoms with Crippen LogP contribution in [0.4, 0.5) is 5.69 Å². The molecule has 20 heavy (non-hydrogen) atoms. The summed E-state index contributed by atoms with van der Waals surface area (Å²) in [5.41, 5.74) is 0.547. The van der Waals surface area contributed by atoms with Crippen molar-refractivity contribution in [1.29, 1.82) is 0 Å². The predicted molar refractivity (Wildman–Crippen MR) is 78.8 cm³/mol. The number of hydrogen-bond donors (Lipinski definition) is 0. The first-order chi connectivity index (χ1) is 9.54. The molecule has 1 atom stereocenters. The van der Waals surface area contributed by atoms with Crippen molar-refractivity contribution in [1.82, 2.24) is 0 Å². The lowest BCUT2D eigenvalue weighted by molar-refractivity contribution is 0.0305. The Labute approximate surface area is 120 Å². The molecular weight excluding hydrogens is 278 g/mol. The molecule has 5 nitrogen and oxygen atoms in total. The minimum Gasteiger partial charge on any atom is -0.495 e. The first kappa shape index (κ1) is 15.1. The van der Waals surface area contributed by atoms with Gasteiger partial charge in [0.15, 0.2) is 0 Å². The fraction of sp³-hybridized carbons (Fsp3) is 0.571. The second kappa shape index (κ2) is 6.45. The van der Waals surface area contributed by atoms with Gasteiger partial charge in [-0.3, -0.25) is 4.31 Å². The lowest BCUT2D eigenvalue weighted by Gasteiger charge is -2.26. The van der Waals surface area contributed by atoms with E-state index < -0.39 is 10.0 Å². The van der Waals surface area contributed by atoms with Gasteiger partial charge in [0.2, 0.25) is 10.0 Å². The monoisotopic (exact) mass is 299 g/mol. The number of para-hydroxylation sites is 2. The van der Waals surface area contributed by atoms with Crippen LogP contribution < -0.4 is 9.04 Å². The van der Waals surface area contributed by atoms with Crippen LogP contribution in [0.2, 0.25) is 0 Å². The zero-order chi connectivity index (χ0) is 14.6. The van der Waals surface area contributed by atoms with Gasteiger partial charge in [-0.1, -0.05) is 12.1 Å². The topological polar surface area (TPSA) is 55.8 Å². The van der Waals surface area contributed by atoms with Gasteiger partial charge in [0, 0.05) is 13.7 Å². The zero-order valence-corrected chi connectivity index (χ0v) is 12.7. The molecule has 0 aromatic heterocycles. The number of rotatable bonds is 5. The molecule has 1 fully saturated rings. The third-order valence-corrected chi connectivity index (χ3v) is 5.34. The maximum absolute atomic E-state index is 12.5. The largest absolute Gasteiger partial charge is 0.495 e. The van der Waals surface area contributed by atoms with E-state index in [0.29, 0.717) is 18.0 Å². The van der Waals surface area contributed by atoms with Crippen LogP contribution in [0.15, 0.2) is 24.3 Å². The highest BCUT2D eigenvalue weighted by Gasteiger charge is 2.27. The normalized spacial score (nSPS) is 19.6. The molecule has 0 bridgehead atoms. The lowest BCUT2D eigenvalue weighted by atomic mass is 10.1. The average molecular weight is 299 g/mol. The van der Waals surface area contributed by atoms with E-state index in [0.717, 1.165) is 19.3 Å². The summed E-state index contributed by atoms with van der Waals surface area (Å²) < 4.78 is 36.9. The summed E-state index contributed by atoms with van der Waals surface area (Å²) in [5, 5.41) is 0. The van der Waals surface area contributed by atoms with Crippen molar-refractivity contribution in [2.75, 3.05) is 30.8 Å². The molecule has 6 heteroatoms. The van der Waals surface area contributed by atoms with Crippen LogP contribution in [0.5, 0.6) is 5.75 Å². The molecule has 0 amide bonds. The van der Waals surface area contributed by atoms with E-state index in [-0.39, 0.29) is 11.9 Å². The van der Waals surface area contributed by atoms with Crippen molar-refractivity contribution in [3.05, 3.63) is 24.3 Å². The standard InChI is InChI=1S/C14H21NO4S/c1-15(13-8-3-4-9-14(13)18-2)20(16,17)11-12-7-5-6-10-19-12/h3-4,8-9,12H,5-7,10-11H2,1-2H3/t12-/m1/s1. The first-order valence-corrected chi connectivity index (χ1v) is 8.37. The number of methoxy groups -OCH3 is 1. The lowest BCUT2D eigenvalue weighted by Crippen LogP contribution is -2.36. The van der Waals surface area contributed by atoms with E-state index in [1.807, 2.05) is 6.07 Å². The highest BCUT2D eigenvalue weighted by atomic mass is 32.2. The Morgan fingerprint density at radius 1 is 1.35 bits per heavy atom. The highest BCUT2D eigenvalue weighted by molar-refractivity contribution is 7.92. The third-order valence-electron chi connectivity index (χ3n) is 3.51. The van der Waals surface area contributed by atoms with Crippen molar-refractivity contribution >= 4 is 15.7 Å². The SMILES string of the molecule is COc1ccccc1N(C)S(=O)(=O)C[C@H]1CCCCO1. The minimum absolute atomic E-state index is 0.0154. The van der Waals surface area contributed by atoms with Crippen LogP contribution in [0.25, 0.3) is 0 Å². The number of sulfonamides is 1. The summed E-state index contributed by atoms with van der Waals surface area (Å²) in [4.78, 5) is 0. The number of hydrogen-bond acceptors (Lipinski definition) is 4. The Morgan fingerprint density at radius 3 is 2.75 bits per heavy atom. The van der Waals surface area contributed by atoms with E-state index in [2.05, 4.69) is 0 Å². The van der Waals surface area contributed by atoms with Crippen LogP contribution in [0.1, 0.15) is 19.3 Å². The van der Waals surface area contributed by atoms with Crippen molar-refractivity contribution in [3.8, 4) is 5.75 Å². The van der Waals surface area contributed by atoms with Gasteiger partial charge in [0.1, 0.15) is 5.75 Å². The molecule has 2 rings (SSSR count). The first-order valence-electron chi connectivity index (χ1n) is 6.76. The highest BCUT2D eigenvalue weighted by Crippen LogP contribution is 2.29. The predicted octanol–water partition coefficient (Wildman–Crippen LogP) is 2.03. The van der Waals surface area contributed by atoms with Gasteiger partial charge >= 0.3 is 0 Å². The van der Waals surface area contributed by atoms with Crippen LogP contribution in [-0.4, -0.2) is 41.0 Å². The molecule has 112 valence electrons. The third kappa shape index (κ3) is 3.43. The zero-order valence-electron chi connectivity index (χ0n) is 11.9. The quantitative estimate of drug-likeness (QED) is 0.835. The Balaban J connectivity index is 2.15.